The predicted octanol–water partition coefficient (Wildman–Crippen LogP) is 3.07. The van der Waals surface area contributed by atoms with Crippen LogP contribution in [0, 0.1) is 0 Å². The van der Waals surface area contributed by atoms with E-state index in [1.165, 1.54) is 11.1 Å². The van der Waals surface area contributed by atoms with Crippen LogP contribution in [-0.2, 0) is 12.0 Å². The van der Waals surface area contributed by atoms with Gasteiger partial charge in [0, 0.05) is 36.6 Å². The van der Waals surface area contributed by atoms with Gasteiger partial charge in [0.15, 0.2) is 0 Å². The first-order chi connectivity index (χ1) is 9.47. The molecule has 1 heterocycles. The van der Waals surface area contributed by atoms with Gasteiger partial charge in [-0.1, -0.05) is 26.0 Å². The van der Waals surface area contributed by atoms with Crippen LogP contribution in [-0.4, -0.2) is 23.5 Å². The number of anilines is 1. The zero-order valence-electron chi connectivity index (χ0n) is 12.5. The first kappa shape index (κ1) is 14.5. The van der Waals surface area contributed by atoms with Crippen LogP contribution >= 0.6 is 0 Å². The molecule has 0 spiro atoms. The van der Waals surface area contributed by atoms with Crippen molar-refractivity contribution in [2.75, 3.05) is 19.3 Å². The van der Waals surface area contributed by atoms with Crippen LogP contribution in [0.3, 0.4) is 0 Å². The zero-order chi connectivity index (χ0) is 14.6. The summed E-state index contributed by atoms with van der Waals surface area (Å²) in [5, 5.41) is 0. The molecule has 1 aromatic heterocycles. The van der Waals surface area contributed by atoms with Gasteiger partial charge in [-0.15, -0.1) is 0 Å². The standard InChI is InChI=1S/C17H23N3/c1-17(2,15-4-6-16(18)7-5-15)13-20(3)12-14-8-10-19-11-9-14/h4-11H,12-13,18H2,1-3H3. The van der Waals surface area contributed by atoms with Crippen LogP contribution in [0.1, 0.15) is 25.0 Å². The van der Waals surface area contributed by atoms with Crippen molar-refractivity contribution in [2.24, 2.45) is 0 Å². The number of likely N-dealkylation sites (N-methyl/N-ethyl adjacent to an activating group) is 1. The topological polar surface area (TPSA) is 42.2 Å². The van der Waals surface area contributed by atoms with Crippen LogP contribution in [0.15, 0.2) is 48.8 Å². The smallest absolute Gasteiger partial charge is 0.0314 e. The van der Waals surface area contributed by atoms with E-state index in [2.05, 4.69) is 55.0 Å². The number of aromatic nitrogens is 1. The summed E-state index contributed by atoms with van der Waals surface area (Å²) < 4.78 is 0. The summed E-state index contributed by atoms with van der Waals surface area (Å²) in [7, 11) is 2.15. The highest BCUT2D eigenvalue weighted by atomic mass is 15.1. The minimum atomic E-state index is 0.0927. The van der Waals surface area contributed by atoms with E-state index in [1.807, 2.05) is 24.5 Å². The number of hydrogen-bond donors (Lipinski definition) is 1. The Kier molecular flexibility index (Phi) is 4.40. The third-order valence-electron chi connectivity index (χ3n) is 3.56. The van der Waals surface area contributed by atoms with E-state index in [-0.39, 0.29) is 5.41 Å². The van der Waals surface area contributed by atoms with Crippen molar-refractivity contribution >= 4 is 5.69 Å². The van der Waals surface area contributed by atoms with Crippen LogP contribution in [0.25, 0.3) is 0 Å². The lowest BCUT2D eigenvalue weighted by molar-refractivity contribution is 0.261. The lowest BCUT2D eigenvalue weighted by Gasteiger charge is -2.31. The first-order valence-electron chi connectivity index (χ1n) is 6.91. The lowest BCUT2D eigenvalue weighted by atomic mass is 9.84. The molecule has 0 bridgehead atoms. The summed E-state index contributed by atoms with van der Waals surface area (Å²) in [4.78, 5) is 6.39. The molecule has 0 unspecified atom stereocenters. The molecule has 0 aliphatic heterocycles. The maximum Gasteiger partial charge on any atom is 0.0314 e. The van der Waals surface area contributed by atoms with E-state index in [1.54, 1.807) is 0 Å². The SMILES string of the molecule is CN(Cc1ccncc1)CC(C)(C)c1ccc(N)cc1. The average Bonchev–Trinajstić information content (AvgIpc) is 2.39. The molecule has 1 aromatic carbocycles. The molecule has 0 fully saturated rings. The van der Waals surface area contributed by atoms with E-state index < -0.39 is 0 Å². The van der Waals surface area contributed by atoms with Gasteiger partial charge in [0.05, 0.1) is 0 Å². The van der Waals surface area contributed by atoms with Crippen LogP contribution in [0.2, 0.25) is 0 Å². The summed E-state index contributed by atoms with van der Waals surface area (Å²) in [5.41, 5.74) is 9.27. The number of pyridine rings is 1. The minimum Gasteiger partial charge on any atom is -0.399 e. The summed E-state index contributed by atoms with van der Waals surface area (Å²) in [6.45, 7) is 6.45. The molecular weight excluding hydrogens is 246 g/mol. The second-order valence-corrected chi connectivity index (χ2v) is 6.03. The molecule has 0 saturated heterocycles. The molecule has 2 rings (SSSR count). The molecule has 3 heteroatoms. The summed E-state index contributed by atoms with van der Waals surface area (Å²) in [6.07, 6.45) is 3.68. The Labute approximate surface area is 121 Å². The summed E-state index contributed by atoms with van der Waals surface area (Å²) in [5.74, 6) is 0. The van der Waals surface area contributed by atoms with E-state index in [9.17, 15) is 0 Å². The van der Waals surface area contributed by atoms with Crippen molar-refractivity contribution in [3.05, 3.63) is 59.9 Å². The fraction of sp³-hybridized carbons (Fsp3) is 0.353. The first-order valence-corrected chi connectivity index (χ1v) is 6.91. The van der Waals surface area contributed by atoms with E-state index in [4.69, 9.17) is 5.73 Å². The predicted molar refractivity (Wildman–Crippen MR) is 84.5 cm³/mol. The van der Waals surface area contributed by atoms with Crippen molar-refractivity contribution in [2.45, 2.75) is 25.8 Å². The second-order valence-electron chi connectivity index (χ2n) is 6.03. The Morgan fingerprint density at radius 3 is 2.25 bits per heavy atom. The highest BCUT2D eigenvalue weighted by Crippen LogP contribution is 2.25. The third kappa shape index (κ3) is 3.81. The fourth-order valence-corrected chi connectivity index (χ4v) is 2.56. The number of nitrogen functional groups attached to an aromatic ring is 1. The van der Waals surface area contributed by atoms with Gasteiger partial charge < -0.3 is 10.6 Å². The average molecular weight is 269 g/mol. The second kappa shape index (κ2) is 6.06. The van der Waals surface area contributed by atoms with E-state index in [0.29, 0.717) is 0 Å². The van der Waals surface area contributed by atoms with E-state index in [0.717, 1.165) is 18.8 Å². The molecule has 0 radical (unpaired) electrons. The summed E-state index contributed by atoms with van der Waals surface area (Å²) in [6, 6.07) is 12.3. The molecule has 0 saturated carbocycles. The number of hydrogen-bond acceptors (Lipinski definition) is 3. The van der Waals surface area contributed by atoms with Gasteiger partial charge in [-0.3, -0.25) is 4.98 Å². The maximum absolute atomic E-state index is 5.76. The van der Waals surface area contributed by atoms with Gasteiger partial charge in [-0.2, -0.15) is 0 Å². The number of benzene rings is 1. The van der Waals surface area contributed by atoms with Crippen molar-refractivity contribution < 1.29 is 0 Å². The van der Waals surface area contributed by atoms with Crippen LogP contribution in [0.4, 0.5) is 5.69 Å². The number of nitrogens with zero attached hydrogens (tertiary/aromatic N) is 2. The Hall–Kier alpha value is -1.87. The highest BCUT2D eigenvalue weighted by Gasteiger charge is 2.22. The molecule has 0 aliphatic carbocycles. The Balaban J connectivity index is 2.02. The number of nitrogens with two attached hydrogens (primary N) is 1. The molecule has 2 N–H and O–H groups in total. The lowest BCUT2D eigenvalue weighted by Crippen LogP contribution is -2.34. The monoisotopic (exact) mass is 269 g/mol. The van der Waals surface area contributed by atoms with Gasteiger partial charge in [0.2, 0.25) is 0 Å². The molecule has 0 aliphatic rings. The molecule has 106 valence electrons. The Morgan fingerprint density at radius 1 is 1.05 bits per heavy atom. The largest absolute Gasteiger partial charge is 0.399 e. The van der Waals surface area contributed by atoms with Gasteiger partial charge in [0.25, 0.3) is 0 Å². The van der Waals surface area contributed by atoms with Gasteiger partial charge in [-0.25, -0.2) is 0 Å². The van der Waals surface area contributed by atoms with Crippen molar-refractivity contribution in [1.82, 2.24) is 9.88 Å². The van der Waals surface area contributed by atoms with E-state index >= 15 is 0 Å². The Morgan fingerprint density at radius 2 is 1.65 bits per heavy atom. The normalized spacial score (nSPS) is 11.8. The molecule has 0 atom stereocenters. The van der Waals surface area contributed by atoms with Gasteiger partial charge in [0.1, 0.15) is 0 Å². The van der Waals surface area contributed by atoms with Crippen molar-refractivity contribution in [1.29, 1.82) is 0 Å². The third-order valence-corrected chi connectivity index (χ3v) is 3.56. The van der Waals surface area contributed by atoms with Gasteiger partial charge in [-0.05, 0) is 42.4 Å². The fourth-order valence-electron chi connectivity index (χ4n) is 2.56. The maximum atomic E-state index is 5.76. The quantitative estimate of drug-likeness (QED) is 0.848. The van der Waals surface area contributed by atoms with Crippen molar-refractivity contribution in [3.8, 4) is 0 Å². The molecular formula is C17H23N3. The minimum absolute atomic E-state index is 0.0927. The molecule has 2 aromatic rings. The molecule has 0 amide bonds. The number of rotatable bonds is 5. The van der Waals surface area contributed by atoms with Crippen LogP contribution < -0.4 is 5.73 Å². The molecule has 20 heavy (non-hydrogen) atoms. The van der Waals surface area contributed by atoms with Gasteiger partial charge >= 0.3 is 0 Å². The van der Waals surface area contributed by atoms with Crippen molar-refractivity contribution in [3.63, 3.8) is 0 Å². The highest BCUT2D eigenvalue weighted by molar-refractivity contribution is 5.41. The van der Waals surface area contributed by atoms with Crippen LogP contribution in [0.5, 0.6) is 0 Å². The zero-order valence-corrected chi connectivity index (χ0v) is 12.5. The summed E-state index contributed by atoms with van der Waals surface area (Å²) >= 11 is 0. The molecule has 3 nitrogen and oxygen atoms in total. The Bertz CT molecular complexity index is 532.